The number of aliphatic hydroxyl groups is 3. The first kappa shape index (κ1) is 24.1. The zero-order chi connectivity index (χ0) is 20.4. The van der Waals surface area contributed by atoms with E-state index >= 15 is 0 Å². The number of benzene rings is 2. The second kappa shape index (κ2) is 11.0. The lowest BCUT2D eigenvalue weighted by molar-refractivity contribution is -0.113. The van der Waals surface area contributed by atoms with E-state index in [0.717, 1.165) is 12.5 Å². The Bertz CT molecular complexity index is 674. The van der Waals surface area contributed by atoms with Crippen molar-refractivity contribution in [3.63, 3.8) is 0 Å². The third-order valence-corrected chi connectivity index (χ3v) is 3.52. The molecule has 0 unspecified atom stereocenters. The number of allylic oxidation sites excluding steroid dienone is 1. The molecule has 2 aromatic carbocycles. The Balaban J connectivity index is 0.000000441. The van der Waals surface area contributed by atoms with E-state index in [2.05, 4.69) is 49.4 Å². The summed E-state index contributed by atoms with van der Waals surface area (Å²) in [5.41, 5.74) is 6.30. The molecule has 2 aromatic rings. The van der Waals surface area contributed by atoms with E-state index in [-0.39, 0.29) is 11.2 Å². The molecule has 0 amide bonds. The summed E-state index contributed by atoms with van der Waals surface area (Å²) in [7, 11) is 0. The summed E-state index contributed by atoms with van der Waals surface area (Å²) >= 11 is 0. The first-order valence-electron chi connectivity index (χ1n) is 9.07. The molecule has 146 valence electrons. The summed E-state index contributed by atoms with van der Waals surface area (Å²) in [5.74, 6) is -2.51. The van der Waals surface area contributed by atoms with Crippen LogP contribution >= 0.6 is 0 Å². The van der Waals surface area contributed by atoms with Gasteiger partial charge in [-0.15, -0.1) is 0 Å². The van der Waals surface area contributed by atoms with E-state index in [9.17, 15) is 5.11 Å². The van der Waals surface area contributed by atoms with Crippen molar-refractivity contribution in [3.05, 3.63) is 59.9 Å². The SMILES string of the molecule is CC.CC(C)(C)CC/C(O)=C/C(N)(O)O.Cc1cccc2ccccc12. The predicted molar refractivity (Wildman–Crippen MR) is 111 cm³/mol. The van der Waals surface area contributed by atoms with Gasteiger partial charge in [0.25, 0.3) is 0 Å². The molecule has 0 bridgehead atoms. The summed E-state index contributed by atoms with van der Waals surface area (Å²) in [4.78, 5) is 0. The molecule has 0 aliphatic rings. The molecule has 2 rings (SSSR count). The number of nitrogens with two attached hydrogens (primary N) is 1. The average molecular weight is 362 g/mol. The first-order chi connectivity index (χ1) is 12.0. The number of fused-ring (bicyclic) bond motifs is 1. The number of rotatable bonds is 3. The first-order valence-corrected chi connectivity index (χ1v) is 9.07. The topological polar surface area (TPSA) is 86.7 Å². The normalized spacial score (nSPS) is 12.0. The van der Waals surface area contributed by atoms with E-state index in [0.29, 0.717) is 6.42 Å². The fraction of sp³-hybridized carbons (Fsp3) is 0.455. The Morgan fingerprint density at radius 2 is 1.54 bits per heavy atom. The molecular formula is C22H35NO3. The van der Waals surface area contributed by atoms with Gasteiger partial charge in [0.1, 0.15) is 0 Å². The Morgan fingerprint density at radius 3 is 2.04 bits per heavy atom. The van der Waals surface area contributed by atoms with E-state index in [1.165, 1.54) is 16.3 Å². The van der Waals surface area contributed by atoms with Crippen molar-refractivity contribution in [1.29, 1.82) is 0 Å². The summed E-state index contributed by atoms with van der Waals surface area (Å²) in [6.07, 6.45) is 1.98. The molecule has 0 radical (unpaired) electrons. The molecule has 0 saturated carbocycles. The summed E-state index contributed by atoms with van der Waals surface area (Å²) in [6.45, 7) is 12.2. The maximum absolute atomic E-state index is 9.21. The standard InChI is InChI=1S/C11H10.C9H19NO3.C2H6/c1-9-5-4-7-10-6-2-3-8-11(9)10;1-8(2,3)5-4-7(11)6-9(10,12)13;1-2/h2-8H,1H3;6,11-13H,4-5,10H2,1-3H3;1-2H3/b;7-6-;. The second-order valence-electron chi connectivity index (χ2n) is 7.28. The van der Waals surface area contributed by atoms with E-state index in [4.69, 9.17) is 15.9 Å². The Hall–Kier alpha value is -1.88. The Kier molecular flexibility index (Phi) is 10.2. The van der Waals surface area contributed by atoms with Crippen LogP contribution in [0.5, 0.6) is 0 Å². The Labute approximate surface area is 158 Å². The fourth-order valence-electron chi connectivity index (χ4n) is 2.21. The van der Waals surface area contributed by atoms with Crippen molar-refractivity contribution in [2.24, 2.45) is 11.1 Å². The summed E-state index contributed by atoms with van der Waals surface area (Å²) in [5, 5.41) is 29.3. The van der Waals surface area contributed by atoms with Crippen LogP contribution in [0.4, 0.5) is 0 Å². The van der Waals surface area contributed by atoms with E-state index < -0.39 is 5.91 Å². The maximum atomic E-state index is 9.21. The highest BCUT2D eigenvalue weighted by Gasteiger charge is 2.15. The average Bonchev–Trinajstić information content (AvgIpc) is 2.54. The zero-order valence-corrected chi connectivity index (χ0v) is 17.0. The molecular weight excluding hydrogens is 326 g/mol. The van der Waals surface area contributed by atoms with E-state index in [1.54, 1.807) is 0 Å². The van der Waals surface area contributed by atoms with Crippen LogP contribution in [0.3, 0.4) is 0 Å². The van der Waals surface area contributed by atoms with E-state index in [1.807, 2.05) is 34.6 Å². The fourth-order valence-corrected chi connectivity index (χ4v) is 2.21. The molecule has 26 heavy (non-hydrogen) atoms. The van der Waals surface area contributed by atoms with Gasteiger partial charge in [0.2, 0.25) is 5.91 Å². The van der Waals surface area contributed by atoms with Gasteiger partial charge < -0.3 is 15.3 Å². The van der Waals surface area contributed by atoms with Crippen molar-refractivity contribution in [3.8, 4) is 0 Å². The van der Waals surface area contributed by atoms with Gasteiger partial charge in [0.05, 0.1) is 5.76 Å². The molecule has 0 spiro atoms. The highest BCUT2D eigenvalue weighted by molar-refractivity contribution is 5.85. The summed E-state index contributed by atoms with van der Waals surface area (Å²) < 4.78 is 0. The molecule has 0 atom stereocenters. The molecule has 4 nitrogen and oxygen atoms in total. The monoisotopic (exact) mass is 361 g/mol. The van der Waals surface area contributed by atoms with Gasteiger partial charge in [0, 0.05) is 12.5 Å². The number of aryl methyl sites for hydroxylation is 1. The van der Waals surface area contributed by atoms with Gasteiger partial charge in [-0.2, -0.15) is 0 Å². The van der Waals surface area contributed by atoms with Crippen LogP contribution < -0.4 is 5.73 Å². The molecule has 0 heterocycles. The lowest BCUT2D eigenvalue weighted by Crippen LogP contribution is -2.36. The van der Waals surface area contributed by atoms with Crippen molar-refractivity contribution < 1.29 is 15.3 Å². The van der Waals surface area contributed by atoms with Gasteiger partial charge in [-0.3, -0.25) is 5.73 Å². The lowest BCUT2D eigenvalue weighted by Gasteiger charge is -2.18. The van der Waals surface area contributed by atoms with Crippen molar-refractivity contribution in [2.75, 3.05) is 0 Å². The predicted octanol–water partition coefficient (Wildman–Crippen LogP) is 5.03. The Morgan fingerprint density at radius 1 is 1.00 bits per heavy atom. The van der Waals surface area contributed by atoms with Crippen LogP contribution in [0.1, 0.15) is 53.0 Å². The van der Waals surface area contributed by atoms with Crippen LogP contribution in [0, 0.1) is 12.3 Å². The smallest absolute Gasteiger partial charge is 0.244 e. The van der Waals surface area contributed by atoms with Gasteiger partial charge in [-0.05, 0) is 35.1 Å². The van der Waals surface area contributed by atoms with Crippen LogP contribution in [0.2, 0.25) is 0 Å². The third kappa shape index (κ3) is 10.9. The maximum Gasteiger partial charge on any atom is 0.244 e. The second-order valence-corrected chi connectivity index (χ2v) is 7.28. The number of hydrogen-bond acceptors (Lipinski definition) is 4. The highest BCUT2D eigenvalue weighted by Crippen LogP contribution is 2.22. The van der Waals surface area contributed by atoms with Crippen molar-refractivity contribution in [2.45, 2.75) is 60.3 Å². The third-order valence-electron chi connectivity index (χ3n) is 3.52. The van der Waals surface area contributed by atoms with Crippen LogP contribution in [0.25, 0.3) is 10.8 Å². The minimum Gasteiger partial charge on any atom is -0.512 e. The van der Waals surface area contributed by atoms with Gasteiger partial charge in [-0.1, -0.05) is 77.1 Å². The molecule has 5 N–H and O–H groups in total. The molecule has 0 fully saturated rings. The largest absolute Gasteiger partial charge is 0.512 e. The van der Waals surface area contributed by atoms with Gasteiger partial charge >= 0.3 is 0 Å². The molecule has 0 aliphatic carbocycles. The molecule has 0 saturated heterocycles. The van der Waals surface area contributed by atoms with Crippen LogP contribution in [0.15, 0.2) is 54.3 Å². The van der Waals surface area contributed by atoms with Gasteiger partial charge in [0.15, 0.2) is 0 Å². The van der Waals surface area contributed by atoms with Crippen LogP contribution in [-0.2, 0) is 0 Å². The number of aliphatic hydroxyl groups excluding tert-OH is 1. The minimum absolute atomic E-state index is 0.0950. The quantitative estimate of drug-likeness (QED) is 0.456. The minimum atomic E-state index is -2.41. The summed E-state index contributed by atoms with van der Waals surface area (Å²) in [6, 6.07) is 14.8. The zero-order valence-electron chi connectivity index (χ0n) is 17.0. The van der Waals surface area contributed by atoms with Crippen LogP contribution in [-0.4, -0.2) is 21.2 Å². The van der Waals surface area contributed by atoms with Crippen molar-refractivity contribution >= 4 is 10.8 Å². The van der Waals surface area contributed by atoms with Crippen molar-refractivity contribution in [1.82, 2.24) is 0 Å². The molecule has 4 heteroatoms. The highest BCUT2D eigenvalue weighted by atomic mass is 16.5. The number of hydrogen-bond donors (Lipinski definition) is 4. The lowest BCUT2D eigenvalue weighted by atomic mass is 9.90. The van der Waals surface area contributed by atoms with Gasteiger partial charge in [-0.25, -0.2) is 0 Å². The molecule has 0 aromatic heterocycles. The molecule has 0 aliphatic heterocycles.